The van der Waals surface area contributed by atoms with Gasteiger partial charge in [0.25, 0.3) is 11.8 Å². The lowest BCUT2D eigenvalue weighted by molar-refractivity contribution is -0.121. The minimum Gasteiger partial charge on any atom is -0.354 e. The molecule has 26 heavy (non-hydrogen) atoms. The summed E-state index contributed by atoms with van der Waals surface area (Å²) in [4.78, 5) is 41.2. The number of amides is 3. The maximum atomic E-state index is 12.3. The lowest BCUT2D eigenvalue weighted by atomic mass is 10.1. The first-order valence-corrected chi connectivity index (χ1v) is 9.28. The zero-order valence-electron chi connectivity index (χ0n) is 14.8. The van der Waals surface area contributed by atoms with E-state index in [2.05, 4.69) is 10.2 Å². The monoisotopic (exact) mass is 371 g/mol. The van der Waals surface area contributed by atoms with E-state index in [1.54, 1.807) is 35.6 Å². The summed E-state index contributed by atoms with van der Waals surface area (Å²) in [6, 6.07) is 10.9. The van der Waals surface area contributed by atoms with Crippen molar-refractivity contribution in [2.75, 3.05) is 27.2 Å². The number of nitrogens with one attached hydrogen (secondary N) is 1. The molecule has 3 rings (SSSR count). The molecule has 0 saturated heterocycles. The fourth-order valence-corrected chi connectivity index (χ4v) is 3.90. The van der Waals surface area contributed by atoms with E-state index in [9.17, 15) is 14.4 Å². The van der Waals surface area contributed by atoms with E-state index < -0.39 is 0 Å². The van der Waals surface area contributed by atoms with Crippen molar-refractivity contribution >= 4 is 29.1 Å². The van der Waals surface area contributed by atoms with E-state index in [1.165, 1.54) is 4.88 Å². The normalized spacial score (nSPS) is 14.7. The van der Waals surface area contributed by atoms with Crippen LogP contribution in [0.2, 0.25) is 0 Å². The first-order chi connectivity index (χ1) is 12.5. The maximum absolute atomic E-state index is 12.3. The molecule has 2 heterocycles. The predicted octanol–water partition coefficient (Wildman–Crippen LogP) is 2.15. The Hall–Kier alpha value is -2.51. The standard InChI is InChI=1S/C19H21N3O3S/c1-21(2)15(16-8-5-11-26-16)12-20-17(23)9-10-22-18(24)13-6-3-4-7-14(13)19(22)25/h3-8,11,15H,9-10,12H2,1-2H3,(H,20,23)/t15-/m0/s1. The highest BCUT2D eigenvalue weighted by Crippen LogP contribution is 2.23. The van der Waals surface area contributed by atoms with Crippen LogP contribution in [-0.2, 0) is 4.79 Å². The van der Waals surface area contributed by atoms with Gasteiger partial charge in [-0.25, -0.2) is 0 Å². The minimum atomic E-state index is -0.330. The molecule has 136 valence electrons. The lowest BCUT2D eigenvalue weighted by Crippen LogP contribution is -2.37. The maximum Gasteiger partial charge on any atom is 0.261 e. The van der Waals surface area contributed by atoms with Gasteiger partial charge in [0.05, 0.1) is 17.2 Å². The average Bonchev–Trinajstić information content (AvgIpc) is 3.22. The highest BCUT2D eigenvalue weighted by molar-refractivity contribution is 7.10. The van der Waals surface area contributed by atoms with E-state index in [0.29, 0.717) is 17.7 Å². The molecular formula is C19H21N3O3S. The van der Waals surface area contributed by atoms with Crippen LogP contribution in [-0.4, -0.2) is 54.7 Å². The second-order valence-corrected chi connectivity index (χ2v) is 7.34. The van der Waals surface area contributed by atoms with Crippen LogP contribution < -0.4 is 5.32 Å². The molecule has 1 aromatic heterocycles. The number of carbonyl (C=O) groups is 3. The van der Waals surface area contributed by atoms with Crippen molar-refractivity contribution in [3.05, 3.63) is 57.8 Å². The summed E-state index contributed by atoms with van der Waals surface area (Å²) in [5.74, 6) is -0.837. The van der Waals surface area contributed by atoms with Crippen LogP contribution in [0.1, 0.15) is 38.1 Å². The smallest absolute Gasteiger partial charge is 0.261 e. The van der Waals surface area contributed by atoms with Gasteiger partial charge in [-0.15, -0.1) is 11.3 Å². The summed E-state index contributed by atoms with van der Waals surface area (Å²) >= 11 is 1.65. The number of likely N-dealkylation sites (N-methyl/N-ethyl adjacent to an activating group) is 1. The number of carbonyl (C=O) groups excluding carboxylic acids is 3. The molecule has 1 aliphatic heterocycles. The highest BCUT2D eigenvalue weighted by Gasteiger charge is 2.34. The van der Waals surface area contributed by atoms with Crippen LogP contribution in [0.15, 0.2) is 41.8 Å². The largest absolute Gasteiger partial charge is 0.354 e. The van der Waals surface area contributed by atoms with E-state index in [0.717, 1.165) is 4.90 Å². The van der Waals surface area contributed by atoms with Crippen molar-refractivity contribution in [1.82, 2.24) is 15.1 Å². The molecule has 1 aliphatic rings. The average molecular weight is 371 g/mol. The Morgan fingerprint density at radius 2 is 1.77 bits per heavy atom. The van der Waals surface area contributed by atoms with Crippen molar-refractivity contribution in [1.29, 1.82) is 0 Å². The van der Waals surface area contributed by atoms with E-state index in [-0.39, 0.29) is 36.7 Å². The number of benzene rings is 1. The molecule has 3 amide bonds. The first kappa shape index (κ1) is 18.3. The van der Waals surface area contributed by atoms with Gasteiger partial charge in [-0.3, -0.25) is 19.3 Å². The zero-order chi connectivity index (χ0) is 18.7. The summed E-state index contributed by atoms with van der Waals surface area (Å²) in [5.41, 5.74) is 0.812. The molecule has 2 aromatic rings. The van der Waals surface area contributed by atoms with Gasteiger partial charge >= 0.3 is 0 Å². The number of imide groups is 1. The molecule has 0 aliphatic carbocycles. The molecule has 1 N–H and O–H groups in total. The molecule has 0 saturated carbocycles. The Balaban J connectivity index is 1.53. The van der Waals surface area contributed by atoms with Crippen LogP contribution in [0.4, 0.5) is 0 Å². The number of hydrogen-bond acceptors (Lipinski definition) is 5. The number of thiophene rings is 1. The van der Waals surface area contributed by atoms with Gasteiger partial charge in [0, 0.05) is 24.4 Å². The van der Waals surface area contributed by atoms with Gasteiger partial charge in [0.15, 0.2) is 0 Å². The van der Waals surface area contributed by atoms with Gasteiger partial charge in [0.1, 0.15) is 0 Å². The first-order valence-electron chi connectivity index (χ1n) is 8.40. The van der Waals surface area contributed by atoms with Crippen molar-refractivity contribution in [3.8, 4) is 0 Å². The van der Waals surface area contributed by atoms with E-state index in [4.69, 9.17) is 0 Å². The topological polar surface area (TPSA) is 69.7 Å². The molecule has 7 heteroatoms. The Morgan fingerprint density at radius 3 is 2.31 bits per heavy atom. The third-order valence-corrected chi connectivity index (χ3v) is 5.40. The molecule has 0 radical (unpaired) electrons. The van der Waals surface area contributed by atoms with Crippen LogP contribution in [0, 0.1) is 0 Å². The molecular weight excluding hydrogens is 350 g/mol. The Bertz CT molecular complexity index is 782. The van der Waals surface area contributed by atoms with Crippen LogP contribution in [0.3, 0.4) is 0 Å². The SMILES string of the molecule is CN(C)[C@@H](CNC(=O)CCN1C(=O)c2ccccc2C1=O)c1cccs1. The fourth-order valence-electron chi connectivity index (χ4n) is 2.97. The molecule has 1 atom stereocenters. The fraction of sp³-hybridized carbons (Fsp3) is 0.316. The van der Waals surface area contributed by atoms with Crippen LogP contribution in [0.25, 0.3) is 0 Å². The summed E-state index contributed by atoms with van der Waals surface area (Å²) < 4.78 is 0. The lowest BCUT2D eigenvalue weighted by Gasteiger charge is -2.23. The summed E-state index contributed by atoms with van der Waals surface area (Å²) in [6.45, 7) is 0.568. The van der Waals surface area contributed by atoms with Gasteiger partial charge in [-0.2, -0.15) is 0 Å². The summed E-state index contributed by atoms with van der Waals surface area (Å²) in [7, 11) is 3.94. The second-order valence-electron chi connectivity index (χ2n) is 6.36. The third-order valence-electron chi connectivity index (χ3n) is 4.43. The molecule has 0 fully saturated rings. The number of nitrogens with zero attached hydrogens (tertiary/aromatic N) is 2. The van der Waals surface area contributed by atoms with Crippen LogP contribution >= 0.6 is 11.3 Å². The van der Waals surface area contributed by atoms with Gasteiger partial charge in [-0.1, -0.05) is 18.2 Å². The summed E-state index contributed by atoms with van der Waals surface area (Å²) in [6.07, 6.45) is 0.0933. The van der Waals surface area contributed by atoms with Gasteiger partial charge in [-0.05, 0) is 37.7 Å². The van der Waals surface area contributed by atoms with Crippen molar-refractivity contribution in [3.63, 3.8) is 0 Å². The van der Waals surface area contributed by atoms with Crippen molar-refractivity contribution < 1.29 is 14.4 Å². The second kappa shape index (κ2) is 7.80. The van der Waals surface area contributed by atoms with Crippen molar-refractivity contribution in [2.24, 2.45) is 0 Å². The number of hydrogen-bond donors (Lipinski definition) is 1. The highest BCUT2D eigenvalue weighted by atomic mass is 32.1. The quantitative estimate of drug-likeness (QED) is 0.757. The number of fused-ring (bicyclic) bond motifs is 1. The molecule has 0 unspecified atom stereocenters. The van der Waals surface area contributed by atoms with E-state index in [1.807, 2.05) is 31.6 Å². The Morgan fingerprint density at radius 1 is 1.12 bits per heavy atom. The molecule has 0 spiro atoms. The van der Waals surface area contributed by atoms with Crippen LogP contribution in [0.5, 0.6) is 0 Å². The summed E-state index contributed by atoms with van der Waals surface area (Å²) in [5, 5.41) is 4.91. The van der Waals surface area contributed by atoms with Gasteiger partial charge in [0.2, 0.25) is 5.91 Å². The Labute approximate surface area is 156 Å². The predicted molar refractivity (Wildman–Crippen MR) is 100 cm³/mol. The third kappa shape index (κ3) is 3.68. The Kier molecular flexibility index (Phi) is 5.49. The minimum absolute atomic E-state index is 0.0871. The molecule has 6 nitrogen and oxygen atoms in total. The molecule has 1 aromatic carbocycles. The van der Waals surface area contributed by atoms with Crippen molar-refractivity contribution in [2.45, 2.75) is 12.5 Å². The molecule has 0 bridgehead atoms. The number of rotatable bonds is 7. The van der Waals surface area contributed by atoms with Gasteiger partial charge < -0.3 is 10.2 Å². The van der Waals surface area contributed by atoms with E-state index >= 15 is 0 Å². The zero-order valence-corrected chi connectivity index (χ0v) is 15.6.